The molecular weight excluding hydrogens is 304 g/mol. The van der Waals surface area contributed by atoms with E-state index in [0.717, 1.165) is 25.9 Å². The summed E-state index contributed by atoms with van der Waals surface area (Å²) < 4.78 is 11.7. The first-order valence-electron chi connectivity index (χ1n) is 9.93. The molecule has 24 heavy (non-hydrogen) atoms. The molecule has 3 rings (SSSR count). The number of urea groups is 1. The molecule has 3 aliphatic rings. The summed E-state index contributed by atoms with van der Waals surface area (Å²) in [5.41, 5.74) is -0.278. The lowest BCUT2D eigenvalue weighted by Crippen LogP contribution is -2.60. The zero-order chi connectivity index (χ0) is 17.0. The molecule has 2 saturated heterocycles. The lowest BCUT2D eigenvalue weighted by molar-refractivity contribution is -0.137. The largest absolute Gasteiger partial charge is 0.378 e. The molecule has 1 saturated carbocycles. The summed E-state index contributed by atoms with van der Waals surface area (Å²) in [4.78, 5) is 14.9. The molecule has 0 aromatic rings. The van der Waals surface area contributed by atoms with Gasteiger partial charge in [0, 0.05) is 25.6 Å². The molecule has 138 valence electrons. The van der Waals surface area contributed by atoms with E-state index in [4.69, 9.17) is 9.47 Å². The van der Waals surface area contributed by atoms with Crippen LogP contribution in [0, 0.1) is 5.92 Å². The van der Waals surface area contributed by atoms with E-state index in [9.17, 15) is 4.79 Å². The van der Waals surface area contributed by atoms with Crippen LogP contribution in [-0.4, -0.2) is 55.0 Å². The van der Waals surface area contributed by atoms with Gasteiger partial charge in [-0.05, 0) is 32.1 Å². The van der Waals surface area contributed by atoms with Gasteiger partial charge in [0.05, 0.1) is 19.3 Å². The summed E-state index contributed by atoms with van der Waals surface area (Å²) in [5, 5.41) is 3.37. The predicted molar refractivity (Wildman–Crippen MR) is 94.1 cm³/mol. The maximum absolute atomic E-state index is 12.9. The van der Waals surface area contributed by atoms with Crippen LogP contribution in [0.5, 0.6) is 0 Å². The van der Waals surface area contributed by atoms with Crippen molar-refractivity contribution in [3.05, 3.63) is 0 Å². The Kier molecular flexibility index (Phi) is 6.03. The van der Waals surface area contributed by atoms with Crippen molar-refractivity contribution in [2.75, 3.05) is 26.3 Å². The standard InChI is InChI=1S/C19H34N2O3/c1-3-7-17(16-8-5-4-6-9-16)20-18(22)21-12-15(2)24-19(13-21)10-11-23-14-19/h15-17H,3-14H2,1-2H3,(H,20,22). The van der Waals surface area contributed by atoms with Gasteiger partial charge in [0.15, 0.2) is 0 Å². The fourth-order valence-corrected chi connectivity index (χ4v) is 4.71. The normalized spacial score (nSPS) is 32.9. The smallest absolute Gasteiger partial charge is 0.317 e. The number of carbonyl (C=O) groups is 1. The number of amides is 2. The summed E-state index contributed by atoms with van der Waals surface area (Å²) >= 11 is 0. The molecule has 1 N–H and O–H groups in total. The molecule has 1 spiro atoms. The molecule has 3 unspecified atom stereocenters. The number of hydrogen-bond donors (Lipinski definition) is 1. The molecule has 3 atom stereocenters. The van der Waals surface area contributed by atoms with Crippen molar-refractivity contribution >= 4 is 6.03 Å². The Bertz CT molecular complexity index is 417. The summed E-state index contributed by atoms with van der Waals surface area (Å²) in [6.07, 6.45) is 9.69. The van der Waals surface area contributed by atoms with E-state index in [1.54, 1.807) is 0 Å². The lowest BCUT2D eigenvalue weighted by Gasteiger charge is -2.43. The van der Waals surface area contributed by atoms with Gasteiger partial charge in [-0.3, -0.25) is 0 Å². The molecule has 3 fully saturated rings. The van der Waals surface area contributed by atoms with Crippen molar-refractivity contribution in [1.82, 2.24) is 10.2 Å². The number of morpholine rings is 1. The Morgan fingerprint density at radius 3 is 2.79 bits per heavy atom. The van der Waals surface area contributed by atoms with Gasteiger partial charge in [-0.1, -0.05) is 32.6 Å². The average molecular weight is 338 g/mol. The van der Waals surface area contributed by atoms with Crippen LogP contribution in [0.4, 0.5) is 4.79 Å². The second-order valence-corrected chi connectivity index (χ2v) is 8.04. The monoisotopic (exact) mass is 338 g/mol. The molecule has 0 radical (unpaired) electrons. The molecule has 5 heteroatoms. The van der Waals surface area contributed by atoms with Crippen LogP contribution >= 0.6 is 0 Å². The third-order valence-electron chi connectivity index (χ3n) is 5.89. The molecule has 1 aliphatic carbocycles. The van der Waals surface area contributed by atoms with Gasteiger partial charge in [0.2, 0.25) is 0 Å². The lowest BCUT2D eigenvalue weighted by atomic mass is 9.82. The van der Waals surface area contributed by atoms with Crippen molar-refractivity contribution in [3.8, 4) is 0 Å². The minimum Gasteiger partial charge on any atom is -0.378 e. The van der Waals surface area contributed by atoms with Crippen LogP contribution in [0.3, 0.4) is 0 Å². The van der Waals surface area contributed by atoms with Crippen LogP contribution in [0.1, 0.15) is 65.2 Å². The van der Waals surface area contributed by atoms with E-state index < -0.39 is 0 Å². The van der Waals surface area contributed by atoms with Crippen LogP contribution in [0.25, 0.3) is 0 Å². The number of carbonyl (C=O) groups excluding carboxylic acids is 1. The predicted octanol–water partition coefficient (Wildman–Crippen LogP) is 3.32. The van der Waals surface area contributed by atoms with Crippen LogP contribution in [-0.2, 0) is 9.47 Å². The van der Waals surface area contributed by atoms with Gasteiger partial charge in [0.1, 0.15) is 5.60 Å². The Hall–Kier alpha value is -0.810. The molecule has 0 aromatic carbocycles. The number of hydrogen-bond acceptors (Lipinski definition) is 3. The van der Waals surface area contributed by atoms with Gasteiger partial charge < -0.3 is 19.7 Å². The molecular formula is C19H34N2O3. The topological polar surface area (TPSA) is 50.8 Å². The first-order valence-corrected chi connectivity index (χ1v) is 9.93. The quantitative estimate of drug-likeness (QED) is 0.855. The average Bonchev–Trinajstić information content (AvgIpc) is 3.01. The van der Waals surface area contributed by atoms with Crippen molar-refractivity contribution in [1.29, 1.82) is 0 Å². The minimum atomic E-state index is -0.278. The summed E-state index contributed by atoms with van der Waals surface area (Å²) in [5.74, 6) is 0.657. The highest BCUT2D eigenvalue weighted by Crippen LogP contribution is 2.31. The van der Waals surface area contributed by atoms with Gasteiger partial charge >= 0.3 is 6.03 Å². The van der Waals surface area contributed by atoms with E-state index in [1.807, 2.05) is 4.90 Å². The molecule has 0 aromatic heterocycles. The minimum absolute atomic E-state index is 0.0745. The van der Waals surface area contributed by atoms with E-state index >= 15 is 0 Å². The summed E-state index contributed by atoms with van der Waals surface area (Å²) in [6, 6.07) is 0.428. The van der Waals surface area contributed by atoms with Gasteiger partial charge in [-0.15, -0.1) is 0 Å². The first kappa shape index (κ1) is 18.0. The van der Waals surface area contributed by atoms with Crippen LogP contribution in [0.15, 0.2) is 0 Å². The number of ether oxygens (including phenoxy) is 2. The highest BCUT2D eigenvalue weighted by atomic mass is 16.6. The highest BCUT2D eigenvalue weighted by Gasteiger charge is 2.44. The number of rotatable bonds is 4. The molecule has 2 heterocycles. The molecule has 0 bridgehead atoms. The van der Waals surface area contributed by atoms with E-state index in [-0.39, 0.29) is 17.7 Å². The van der Waals surface area contributed by atoms with Crippen molar-refractivity contribution in [2.45, 2.75) is 83.0 Å². The van der Waals surface area contributed by atoms with Gasteiger partial charge in [-0.25, -0.2) is 4.79 Å². The van der Waals surface area contributed by atoms with Crippen molar-refractivity contribution < 1.29 is 14.3 Å². The molecule has 2 amide bonds. The maximum atomic E-state index is 12.9. The second-order valence-electron chi connectivity index (χ2n) is 8.04. The molecule has 5 nitrogen and oxygen atoms in total. The van der Waals surface area contributed by atoms with Crippen LogP contribution in [0.2, 0.25) is 0 Å². The summed E-state index contributed by atoms with van der Waals surface area (Å²) in [7, 11) is 0. The Labute approximate surface area is 146 Å². The van der Waals surface area contributed by atoms with Gasteiger partial charge in [0.25, 0.3) is 0 Å². The summed E-state index contributed by atoms with van der Waals surface area (Å²) in [6.45, 7) is 6.96. The van der Waals surface area contributed by atoms with Crippen LogP contribution < -0.4 is 5.32 Å². The van der Waals surface area contributed by atoms with E-state index in [2.05, 4.69) is 19.2 Å². The van der Waals surface area contributed by atoms with Crippen molar-refractivity contribution in [2.24, 2.45) is 5.92 Å². The second kappa shape index (κ2) is 8.05. The van der Waals surface area contributed by atoms with Gasteiger partial charge in [-0.2, -0.15) is 0 Å². The maximum Gasteiger partial charge on any atom is 0.317 e. The number of nitrogens with one attached hydrogen (secondary N) is 1. The third kappa shape index (κ3) is 4.23. The van der Waals surface area contributed by atoms with E-state index in [1.165, 1.54) is 32.1 Å². The van der Waals surface area contributed by atoms with E-state index in [0.29, 0.717) is 31.7 Å². The Balaban J connectivity index is 1.61. The highest BCUT2D eigenvalue weighted by molar-refractivity contribution is 5.74. The molecule has 2 aliphatic heterocycles. The fraction of sp³-hybridized carbons (Fsp3) is 0.947. The SMILES string of the molecule is CCCC(NC(=O)N1CC(C)OC2(CCOC2)C1)C1CCCCC1. The zero-order valence-electron chi connectivity index (χ0n) is 15.4. The number of nitrogens with zero attached hydrogens (tertiary/aromatic N) is 1. The zero-order valence-corrected chi connectivity index (χ0v) is 15.4. The first-order chi connectivity index (χ1) is 11.6. The van der Waals surface area contributed by atoms with Crippen molar-refractivity contribution in [3.63, 3.8) is 0 Å². The Morgan fingerprint density at radius 1 is 1.33 bits per heavy atom. The third-order valence-corrected chi connectivity index (χ3v) is 5.89. The Morgan fingerprint density at radius 2 is 2.12 bits per heavy atom. The fourth-order valence-electron chi connectivity index (χ4n) is 4.71.